The van der Waals surface area contributed by atoms with Crippen LogP contribution in [0, 0.1) is 5.92 Å². The predicted octanol–water partition coefficient (Wildman–Crippen LogP) is 5.38. The van der Waals surface area contributed by atoms with Crippen LogP contribution in [0.25, 0.3) is 0 Å². The summed E-state index contributed by atoms with van der Waals surface area (Å²) in [5.74, 6) is 0.962. The molecular formula is C21H33NO. The summed E-state index contributed by atoms with van der Waals surface area (Å²) in [7, 11) is 0. The van der Waals surface area contributed by atoms with E-state index in [0.717, 1.165) is 12.5 Å². The molecule has 3 rings (SSSR count). The lowest BCUT2D eigenvalue weighted by Gasteiger charge is -2.45. The molecule has 0 amide bonds. The molecular weight excluding hydrogens is 282 g/mol. The van der Waals surface area contributed by atoms with Crippen molar-refractivity contribution in [1.29, 1.82) is 0 Å². The van der Waals surface area contributed by atoms with E-state index in [9.17, 15) is 0 Å². The van der Waals surface area contributed by atoms with Gasteiger partial charge in [0, 0.05) is 13.1 Å². The molecule has 0 radical (unpaired) electrons. The largest absolute Gasteiger partial charge is 0.356 e. The Labute approximate surface area is 142 Å². The number of benzene rings is 1. The first-order chi connectivity index (χ1) is 11.3. The third-order valence-electron chi connectivity index (χ3n) is 5.91. The Hall–Kier alpha value is -0.860. The smallest absolute Gasteiger partial charge is 0.119 e. The van der Waals surface area contributed by atoms with Gasteiger partial charge in [0.1, 0.15) is 5.72 Å². The van der Waals surface area contributed by atoms with Gasteiger partial charge in [-0.25, -0.2) is 0 Å². The first-order valence-corrected chi connectivity index (χ1v) is 9.69. The third-order valence-corrected chi connectivity index (χ3v) is 5.91. The van der Waals surface area contributed by atoms with Crippen molar-refractivity contribution in [2.75, 3.05) is 13.1 Å². The minimum atomic E-state index is -0.0667. The molecule has 1 aliphatic heterocycles. The first-order valence-electron chi connectivity index (χ1n) is 9.69. The van der Waals surface area contributed by atoms with Gasteiger partial charge < -0.3 is 4.74 Å². The van der Waals surface area contributed by atoms with E-state index in [4.69, 9.17) is 4.74 Å². The topological polar surface area (TPSA) is 12.5 Å². The van der Waals surface area contributed by atoms with Crippen molar-refractivity contribution in [2.24, 2.45) is 5.92 Å². The van der Waals surface area contributed by atoms with E-state index < -0.39 is 0 Å². The van der Waals surface area contributed by atoms with Gasteiger partial charge in [-0.2, -0.15) is 0 Å². The molecule has 1 aromatic carbocycles. The molecule has 2 nitrogen and oxygen atoms in total. The van der Waals surface area contributed by atoms with E-state index in [1.165, 1.54) is 76.4 Å². The molecule has 2 heteroatoms. The van der Waals surface area contributed by atoms with Crippen molar-refractivity contribution in [3.05, 3.63) is 35.9 Å². The fourth-order valence-electron chi connectivity index (χ4n) is 4.29. The number of ether oxygens (including phenoxy) is 1. The van der Waals surface area contributed by atoms with Gasteiger partial charge in [-0.15, -0.1) is 0 Å². The molecule has 23 heavy (non-hydrogen) atoms. The molecule has 0 bridgehead atoms. The van der Waals surface area contributed by atoms with Crippen molar-refractivity contribution in [2.45, 2.75) is 77.0 Å². The average molecular weight is 316 g/mol. The van der Waals surface area contributed by atoms with Gasteiger partial charge in [-0.1, -0.05) is 62.4 Å². The summed E-state index contributed by atoms with van der Waals surface area (Å²) in [4.78, 5) is 2.63. The van der Waals surface area contributed by atoms with Crippen molar-refractivity contribution >= 4 is 0 Å². The molecule has 1 atom stereocenters. The number of nitrogens with zero attached hydrogens (tertiary/aromatic N) is 1. The van der Waals surface area contributed by atoms with Crippen LogP contribution in [-0.2, 0) is 11.3 Å². The number of hydrogen-bond donors (Lipinski definition) is 0. The fraction of sp³-hybridized carbons (Fsp3) is 0.714. The molecule has 0 N–H and O–H groups in total. The molecule has 1 aromatic rings. The van der Waals surface area contributed by atoms with Gasteiger partial charge in [0.25, 0.3) is 0 Å². The van der Waals surface area contributed by atoms with Crippen LogP contribution in [0.2, 0.25) is 0 Å². The van der Waals surface area contributed by atoms with Crippen LogP contribution in [0.4, 0.5) is 0 Å². The molecule has 1 saturated heterocycles. The van der Waals surface area contributed by atoms with Gasteiger partial charge >= 0.3 is 0 Å². The maximum Gasteiger partial charge on any atom is 0.119 e. The van der Waals surface area contributed by atoms with Crippen LogP contribution >= 0.6 is 0 Å². The molecule has 2 fully saturated rings. The first kappa shape index (κ1) is 17.0. The van der Waals surface area contributed by atoms with Crippen molar-refractivity contribution in [1.82, 2.24) is 4.90 Å². The Morgan fingerprint density at radius 1 is 1.04 bits per heavy atom. The summed E-state index contributed by atoms with van der Waals surface area (Å²) in [5.41, 5.74) is 1.22. The molecule has 0 spiro atoms. The molecule has 0 aromatic heterocycles. The summed E-state index contributed by atoms with van der Waals surface area (Å²) in [5, 5.41) is 0. The van der Waals surface area contributed by atoms with Gasteiger partial charge in [-0.3, -0.25) is 4.90 Å². The Morgan fingerprint density at radius 2 is 1.83 bits per heavy atom. The SMILES string of the molecule is CC1(OCc2ccccc2)CCCCN1CCC1CCCCC1. The lowest BCUT2D eigenvalue weighted by molar-refractivity contribution is -0.172. The van der Waals surface area contributed by atoms with Crippen molar-refractivity contribution < 1.29 is 4.74 Å². The monoisotopic (exact) mass is 315 g/mol. The molecule has 1 unspecified atom stereocenters. The number of likely N-dealkylation sites (tertiary alicyclic amines) is 1. The average Bonchev–Trinajstić information content (AvgIpc) is 2.61. The standard InChI is InChI=1S/C21H33NO/c1-21(23-18-20-12-6-3-7-13-20)15-8-9-16-22(21)17-14-19-10-4-2-5-11-19/h3,6-7,12-13,19H,2,4-5,8-11,14-18H2,1H3. The highest BCUT2D eigenvalue weighted by molar-refractivity contribution is 5.13. The summed E-state index contributed by atoms with van der Waals surface area (Å²) >= 11 is 0. The quantitative estimate of drug-likeness (QED) is 0.699. The molecule has 2 aliphatic rings. The highest BCUT2D eigenvalue weighted by Crippen LogP contribution is 2.32. The zero-order chi connectivity index (χ0) is 16.0. The molecule has 1 heterocycles. The van der Waals surface area contributed by atoms with Crippen LogP contribution in [0.3, 0.4) is 0 Å². The highest BCUT2D eigenvalue weighted by atomic mass is 16.5. The van der Waals surface area contributed by atoms with Crippen LogP contribution < -0.4 is 0 Å². The Kier molecular flexibility index (Phi) is 6.13. The highest BCUT2D eigenvalue weighted by Gasteiger charge is 2.35. The summed E-state index contributed by atoms with van der Waals surface area (Å²) in [6, 6.07) is 10.6. The number of piperidine rings is 1. The number of rotatable bonds is 6. The summed E-state index contributed by atoms with van der Waals surface area (Å²) < 4.78 is 6.43. The van der Waals surface area contributed by atoms with E-state index in [0.29, 0.717) is 0 Å². The minimum absolute atomic E-state index is 0.0667. The maximum atomic E-state index is 6.43. The Balaban J connectivity index is 1.53. The van der Waals surface area contributed by atoms with Gasteiger partial charge in [0.15, 0.2) is 0 Å². The summed E-state index contributed by atoms with van der Waals surface area (Å²) in [6.45, 7) is 5.47. The Morgan fingerprint density at radius 3 is 2.61 bits per heavy atom. The molecule has 1 saturated carbocycles. The fourth-order valence-corrected chi connectivity index (χ4v) is 4.29. The van der Waals surface area contributed by atoms with E-state index in [2.05, 4.69) is 42.2 Å². The third kappa shape index (κ3) is 4.81. The van der Waals surface area contributed by atoms with E-state index >= 15 is 0 Å². The van der Waals surface area contributed by atoms with Crippen LogP contribution in [0.15, 0.2) is 30.3 Å². The van der Waals surface area contributed by atoms with Gasteiger partial charge in [-0.05, 0) is 44.1 Å². The zero-order valence-electron chi connectivity index (χ0n) is 14.8. The van der Waals surface area contributed by atoms with Gasteiger partial charge in [0.2, 0.25) is 0 Å². The second-order valence-corrected chi connectivity index (χ2v) is 7.69. The van der Waals surface area contributed by atoms with Crippen LogP contribution in [0.5, 0.6) is 0 Å². The van der Waals surface area contributed by atoms with E-state index in [-0.39, 0.29) is 5.72 Å². The van der Waals surface area contributed by atoms with E-state index in [1.54, 1.807) is 0 Å². The normalized spacial score (nSPS) is 27.2. The second-order valence-electron chi connectivity index (χ2n) is 7.69. The Bertz CT molecular complexity index is 454. The zero-order valence-corrected chi connectivity index (χ0v) is 14.8. The predicted molar refractivity (Wildman–Crippen MR) is 96.3 cm³/mol. The lowest BCUT2D eigenvalue weighted by atomic mass is 9.86. The van der Waals surface area contributed by atoms with E-state index in [1.807, 2.05) is 0 Å². The van der Waals surface area contributed by atoms with Crippen LogP contribution in [-0.4, -0.2) is 23.7 Å². The molecule has 1 aliphatic carbocycles. The van der Waals surface area contributed by atoms with Crippen molar-refractivity contribution in [3.8, 4) is 0 Å². The van der Waals surface area contributed by atoms with Gasteiger partial charge in [0.05, 0.1) is 6.61 Å². The summed E-state index contributed by atoms with van der Waals surface area (Å²) in [6.07, 6.45) is 12.4. The lowest BCUT2D eigenvalue weighted by Crippen LogP contribution is -2.52. The van der Waals surface area contributed by atoms with Crippen LogP contribution in [0.1, 0.15) is 70.3 Å². The number of hydrogen-bond acceptors (Lipinski definition) is 2. The minimum Gasteiger partial charge on any atom is -0.356 e. The molecule has 128 valence electrons. The van der Waals surface area contributed by atoms with Crippen molar-refractivity contribution in [3.63, 3.8) is 0 Å². The second kappa shape index (κ2) is 8.30. The maximum absolute atomic E-state index is 6.43.